The Labute approximate surface area is 187 Å². The average molecular weight is 452 g/mol. The van der Waals surface area contributed by atoms with E-state index in [1.54, 1.807) is 24.3 Å². The van der Waals surface area contributed by atoms with Crippen molar-refractivity contribution < 1.29 is 19.1 Å². The van der Waals surface area contributed by atoms with Gasteiger partial charge in [-0.1, -0.05) is 0 Å². The highest BCUT2D eigenvalue weighted by atomic mass is 32.1. The number of benzene rings is 1. The van der Waals surface area contributed by atoms with Gasteiger partial charge in [0.25, 0.3) is 5.91 Å². The summed E-state index contributed by atoms with van der Waals surface area (Å²) in [6, 6.07) is 6.52. The molecule has 0 saturated carbocycles. The summed E-state index contributed by atoms with van der Waals surface area (Å²) in [4.78, 5) is 51.6. The Balaban J connectivity index is 1.32. The van der Waals surface area contributed by atoms with Crippen molar-refractivity contribution in [2.24, 2.45) is 0 Å². The van der Waals surface area contributed by atoms with E-state index in [-0.39, 0.29) is 24.1 Å². The van der Waals surface area contributed by atoms with E-state index in [1.165, 1.54) is 37.0 Å². The molecule has 1 aliphatic rings. The summed E-state index contributed by atoms with van der Waals surface area (Å²) in [6.45, 7) is 1.48. The zero-order valence-corrected chi connectivity index (χ0v) is 18.0. The first-order valence-corrected chi connectivity index (χ1v) is 10.6. The number of aromatic nitrogens is 3. The summed E-state index contributed by atoms with van der Waals surface area (Å²) < 4.78 is 4.67. The molecule has 0 unspecified atom stereocenters. The van der Waals surface area contributed by atoms with Crippen molar-refractivity contribution >= 4 is 39.9 Å². The number of ether oxygens (including phenoxy) is 1. The van der Waals surface area contributed by atoms with Gasteiger partial charge >= 0.3 is 5.97 Å². The van der Waals surface area contributed by atoms with Crippen LogP contribution < -0.4 is 10.6 Å². The van der Waals surface area contributed by atoms with E-state index < -0.39 is 5.97 Å². The van der Waals surface area contributed by atoms with Crippen LogP contribution in [0.4, 0.5) is 10.8 Å². The van der Waals surface area contributed by atoms with Crippen molar-refractivity contribution in [2.45, 2.75) is 13.0 Å². The molecule has 164 valence electrons. The Morgan fingerprint density at radius 1 is 1.16 bits per heavy atom. The first kappa shape index (κ1) is 21.5. The normalized spacial score (nSPS) is 13.2. The number of methoxy groups -OCH3 is 1. The molecule has 3 heterocycles. The lowest BCUT2D eigenvalue weighted by molar-refractivity contribution is -0.117. The first-order valence-electron chi connectivity index (χ1n) is 9.78. The van der Waals surface area contributed by atoms with Crippen molar-refractivity contribution in [1.29, 1.82) is 0 Å². The maximum absolute atomic E-state index is 12.4. The third-order valence-corrected chi connectivity index (χ3v) is 5.78. The molecular weight excluding hydrogens is 432 g/mol. The van der Waals surface area contributed by atoms with Crippen LogP contribution in [0.15, 0.2) is 42.9 Å². The Morgan fingerprint density at radius 3 is 2.69 bits per heavy atom. The molecule has 2 aromatic heterocycles. The van der Waals surface area contributed by atoms with Crippen LogP contribution in [0.1, 0.15) is 31.4 Å². The second-order valence-corrected chi connectivity index (χ2v) is 8.10. The number of hydrogen-bond donors (Lipinski definition) is 2. The van der Waals surface area contributed by atoms with Gasteiger partial charge in [0, 0.05) is 42.5 Å². The quantitative estimate of drug-likeness (QED) is 0.544. The molecule has 0 atom stereocenters. The van der Waals surface area contributed by atoms with E-state index in [4.69, 9.17) is 0 Å². The summed E-state index contributed by atoms with van der Waals surface area (Å²) in [7, 11) is 1.32. The number of anilines is 2. The summed E-state index contributed by atoms with van der Waals surface area (Å²) in [5.41, 5.74) is 2.17. The molecule has 0 bridgehead atoms. The van der Waals surface area contributed by atoms with Gasteiger partial charge in [-0.15, -0.1) is 11.3 Å². The molecule has 0 spiro atoms. The second kappa shape index (κ2) is 9.62. The number of nitrogens with zero attached hydrogens (tertiary/aromatic N) is 4. The van der Waals surface area contributed by atoms with E-state index >= 15 is 0 Å². The van der Waals surface area contributed by atoms with Crippen LogP contribution in [0.2, 0.25) is 0 Å². The third kappa shape index (κ3) is 5.13. The molecule has 4 rings (SSSR count). The summed E-state index contributed by atoms with van der Waals surface area (Å²) in [6.07, 6.45) is 5.04. The van der Waals surface area contributed by atoms with Crippen LogP contribution in [0.25, 0.3) is 0 Å². The lowest BCUT2D eigenvalue weighted by Gasteiger charge is -2.25. The lowest BCUT2D eigenvalue weighted by Crippen LogP contribution is -2.36. The predicted molar refractivity (Wildman–Crippen MR) is 117 cm³/mol. The molecule has 3 aromatic rings. The number of rotatable bonds is 6. The molecule has 10 nitrogen and oxygen atoms in total. The van der Waals surface area contributed by atoms with Crippen molar-refractivity contribution in [1.82, 2.24) is 19.9 Å². The largest absolute Gasteiger partial charge is 0.465 e. The van der Waals surface area contributed by atoms with Crippen molar-refractivity contribution in [2.75, 3.05) is 30.8 Å². The summed E-state index contributed by atoms with van der Waals surface area (Å²) in [5.74, 6) is -0.942. The van der Waals surface area contributed by atoms with Crippen molar-refractivity contribution in [3.8, 4) is 0 Å². The van der Waals surface area contributed by atoms with Gasteiger partial charge in [0.2, 0.25) is 5.91 Å². The predicted octanol–water partition coefficient (Wildman–Crippen LogP) is 1.97. The molecular formula is C21H20N6O4S. The average Bonchev–Trinajstić information content (AvgIpc) is 3.21. The highest BCUT2D eigenvalue weighted by Crippen LogP contribution is 2.28. The van der Waals surface area contributed by atoms with Gasteiger partial charge < -0.3 is 10.1 Å². The Hall–Kier alpha value is -3.70. The minimum Gasteiger partial charge on any atom is -0.465 e. The van der Waals surface area contributed by atoms with Crippen LogP contribution in [0, 0.1) is 0 Å². The topological polar surface area (TPSA) is 126 Å². The minimum absolute atomic E-state index is 0.153. The van der Waals surface area contributed by atoms with E-state index in [0.717, 1.165) is 10.6 Å². The standard InChI is InChI=1S/C21H20N6O4S/c1-31-20(30)13-2-4-14(5-3-13)24-18(28)12-27-9-6-15-17(11-27)32-21(25-15)26-19(29)16-10-22-7-8-23-16/h2-5,7-8,10H,6,9,11-12H2,1H3,(H,24,28)(H,25,26,29). The van der Waals surface area contributed by atoms with E-state index in [0.29, 0.717) is 35.9 Å². The fraction of sp³-hybridized carbons (Fsp3) is 0.238. The maximum Gasteiger partial charge on any atom is 0.337 e. The molecule has 1 aliphatic heterocycles. The maximum atomic E-state index is 12.4. The van der Waals surface area contributed by atoms with Gasteiger partial charge in [-0.05, 0) is 24.3 Å². The number of fused-ring (bicyclic) bond motifs is 1. The minimum atomic E-state index is -0.427. The number of carbonyl (C=O) groups excluding carboxylic acids is 3. The van der Waals surface area contributed by atoms with Gasteiger partial charge in [0.05, 0.1) is 31.1 Å². The molecule has 11 heteroatoms. The van der Waals surface area contributed by atoms with Gasteiger partial charge in [0.1, 0.15) is 5.69 Å². The van der Waals surface area contributed by atoms with Crippen LogP contribution in [0.5, 0.6) is 0 Å². The van der Waals surface area contributed by atoms with Crippen molar-refractivity contribution in [3.63, 3.8) is 0 Å². The number of carbonyl (C=O) groups is 3. The third-order valence-electron chi connectivity index (χ3n) is 4.78. The van der Waals surface area contributed by atoms with Crippen LogP contribution in [-0.4, -0.2) is 57.8 Å². The highest BCUT2D eigenvalue weighted by Gasteiger charge is 2.23. The van der Waals surface area contributed by atoms with Gasteiger partial charge in [0.15, 0.2) is 5.13 Å². The highest BCUT2D eigenvalue weighted by molar-refractivity contribution is 7.15. The zero-order valence-electron chi connectivity index (χ0n) is 17.2. The van der Waals surface area contributed by atoms with Gasteiger partial charge in [-0.25, -0.2) is 14.8 Å². The first-order chi connectivity index (χ1) is 15.5. The van der Waals surface area contributed by atoms with Crippen LogP contribution >= 0.6 is 11.3 Å². The zero-order chi connectivity index (χ0) is 22.5. The molecule has 2 amide bonds. The Kier molecular flexibility index (Phi) is 6.47. The smallest absolute Gasteiger partial charge is 0.337 e. The SMILES string of the molecule is COC(=O)c1ccc(NC(=O)CN2CCc3nc(NC(=O)c4cnccn4)sc3C2)cc1. The number of nitrogens with one attached hydrogen (secondary N) is 2. The Bertz CT molecular complexity index is 1130. The van der Waals surface area contributed by atoms with E-state index in [9.17, 15) is 14.4 Å². The summed E-state index contributed by atoms with van der Waals surface area (Å²) >= 11 is 1.39. The molecule has 0 aliphatic carbocycles. The molecule has 0 fully saturated rings. The van der Waals surface area contributed by atoms with Gasteiger partial charge in [-0.2, -0.15) is 0 Å². The van der Waals surface area contributed by atoms with Gasteiger partial charge in [-0.3, -0.25) is 24.8 Å². The van der Waals surface area contributed by atoms with E-state index in [1.807, 2.05) is 4.90 Å². The van der Waals surface area contributed by atoms with E-state index in [2.05, 4.69) is 30.3 Å². The molecule has 2 N–H and O–H groups in total. The molecule has 0 saturated heterocycles. The fourth-order valence-corrected chi connectivity index (χ4v) is 4.27. The summed E-state index contributed by atoms with van der Waals surface area (Å²) in [5, 5.41) is 6.09. The van der Waals surface area contributed by atoms with Crippen LogP contribution in [0.3, 0.4) is 0 Å². The fourth-order valence-electron chi connectivity index (χ4n) is 3.23. The monoisotopic (exact) mass is 452 g/mol. The number of thiazole rings is 1. The number of hydrogen-bond acceptors (Lipinski definition) is 9. The van der Waals surface area contributed by atoms with Crippen LogP contribution in [-0.2, 0) is 22.5 Å². The second-order valence-electron chi connectivity index (χ2n) is 7.01. The molecule has 0 radical (unpaired) electrons. The molecule has 32 heavy (non-hydrogen) atoms. The van der Waals surface area contributed by atoms with Crippen molar-refractivity contribution in [3.05, 3.63) is 64.7 Å². The number of esters is 1. The molecule has 1 aromatic carbocycles. The number of amides is 2. The Morgan fingerprint density at radius 2 is 1.97 bits per heavy atom. The lowest BCUT2D eigenvalue weighted by atomic mass is 10.2.